The third kappa shape index (κ3) is 5.10. The minimum Gasteiger partial charge on any atom is -0.305 e. The number of aryl methyl sites for hydroxylation is 1. The lowest BCUT2D eigenvalue weighted by atomic mass is 10.1. The van der Waals surface area contributed by atoms with Gasteiger partial charge in [0, 0.05) is 28.6 Å². The Kier molecular flexibility index (Phi) is 6.62. The van der Waals surface area contributed by atoms with Crippen molar-refractivity contribution in [2.45, 2.75) is 12.1 Å². The number of thiazole rings is 1. The molecule has 0 atom stereocenters. The van der Waals surface area contributed by atoms with Crippen LogP contribution in [0.15, 0.2) is 53.0 Å². The van der Waals surface area contributed by atoms with Crippen molar-refractivity contribution in [1.82, 2.24) is 19.7 Å². The number of hydrogen-bond acceptors (Lipinski definition) is 6. The Bertz CT molecular complexity index is 1250. The minimum atomic E-state index is -0.173. The molecule has 1 amide bonds. The maximum atomic E-state index is 12.4. The molecule has 6 nitrogen and oxygen atoms in total. The molecule has 0 spiro atoms. The van der Waals surface area contributed by atoms with Crippen LogP contribution in [0.3, 0.4) is 0 Å². The first-order valence-corrected chi connectivity index (χ1v) is 11.8. The first-order valence-electron chi connectivity index (χ1n) is 9.21. The van der Waals surface area contributed by atoms with Crippen LogP contribution in [-0.2, 0) is 11.8 Å². The second kappa shape index (κ2) is 9.40. The number of nitrogens with one attached hydrogen (secondary N) is 1. The van der Waals surface area contributed by atoms with Gasteiger partial charge in [-0.15, -0.1) is 21.5 Å². The number of rotatable bonds is 6. The first kappa shape index (κ1) is 21.8. The molecular formula is C21H17Cl2N5OS2. The van der Waals surface area contributed by atoms with Crippen molar-refractivity contribution in [3.05, 3.63) is 63.5 Å². The van der Waals surface area contributed by atoms with Gasteiger partial charge >= 0.3 is 0 Å². The largest absolute Gasteiger partial charge is 0.305 e. The average molecular weight is 490 g/mol. The monoisotopic (exact) mass is 489 g/mol. The van der Waals surface area contributed by atoms with Crippen molar-refractivity contribution in [3.63, 3.8) is 0 Å². The predicted octanol–water partition coefficient (Wildman–Crippen LogP) is 5.95. The summed E-state index contributed by atoms with van der Waals surface area (Å²) in [6.07, 6.45) is 0. The third-order valence-electron chi connectivity index (χ3n) is 4.40. The highest BCUT2D eigenvalue weighted by molar-refractivity contribution is 7.99. The summed E-state index contributed by atoms with van der Waals surface area (Å²) in [7, 11) is 1.89. The average Bonchev–Trinajstić information content (AvgIpc) is 3.33. The Morgan fingerprint density at radius 3 is 2.81 bits per heavy atom. The SMILES string of the molecule is Cc1cccc(-c2nnc(SCC(=O)Nc3nc(-c4ccc(Cl)cc4Cl)cs3)n2C)c1. The molecule has 0 aliphatic heterocycles. The number of halogens is 2. The van der Waals surface area contributed by atoms with E-state index in [1.807, 2.05) is 42.1 Å². The molecule has 10 heteroatoms. The molecular weight excluding hydrogens is 473 g/mol. The highest BCUT2D eigenvalue weighted by Crippen LogP contribution is 2.32. The van der Waals surface area contributed by atoms with Crippen molar-refractivity contribution >= 4 is 57.3 Å². The summed E-state index contributed by atoms with van der Waals surface area (Å²) in [4.78, 5) is 16.9. The molecule has 2 aromatic heterocycles. The van der Waals surface area contributed by atoms with E-state index in [1.165, 1.54) is 23.1 Å². The number of aromatic nitrogens is 4. The number of nitrogens with zero attached hydrogens (tertiary/aromatic N) is 4. The Hall–Kier alpha value is -2.39. The zero-order valence-electron chi connectivity index (χ0n) is 16.6. The van der Waals surface area contributed by atoms with E-state index in [2.05, 4.69) is 26.6 Å². The molecule has 0 bridgehead atoms. The lowest BCUT2D eigenvalue weighted by Crippen LogP contribution is -2.14. The zero-order valence-corrected chi connectivity index (χ0v) is 19.7. The Morgan fingerprint density at radius 2 is 2.03 bits per heavy atom. The number of thioether (sulfide) groups is 1. The topological polar surface area (TPSA) is 72.7 Å². The van der Waals surface area contributed by atoms with Crippen molar-refractivity contribution < 1.29 is 4.79 Å². The number of amides is 1. The fourth-order valence-corrected chi connectivity index (χ4v) is 4.86. The van der Waals surface area contributed by atoms with Gasteiger partial charge in [-0.25, -0.2) is 4.98 Å². The van der Waals surface area contributed by atoms with Crippen LogP contribution in [0.2, 0.25) is 10.0 Å². The van der Waals surface area contributed by atoms with E-state index in [4.69, 9.17) is 23.2 Å². The van der Waals surface area contributed by atoms with Gasteiger partial charge in [-0.1, -0.05) is 58.7 Å². The highest BCUT2D eigenvalue weighted by atomic mass is 35.5. The van der Waals surface area contributed by atoms with Crippen LogP contribution in [-0.4, -0.2) is 31.4 Å². The van der Waals surface area contributed by atoms with Crippen LogP contribution >= 0.6 is 46.3 Å². The number of benzene rings is 2. The number of carbonyl (C=O) groups excluding carboxylic acids is 1. The molecule has 0 aliphatic carbocycles. The first-order chi connectivity index (χ1) is 14.9. The summed E-state index contributed by atoms with van der Waals surface area (Å²) in [6, 6.07) is 13.3. The van der Waals surface area contributed by atoms with Crippen LogP contribution < -0.4 is 5.32 Å². The molecule has 0 aliphatic rings. The second-order valence-corrected chi connectivity index (χ2v) is 9.38. The Morgan fingerprint density at radius 1 is 1.19 bits per heavy atom. The van der Waals surface area contributed by atoms with Crippen molar-refractivity contribution in [2.24, 2.45) is 7.05 Å². The van der Waals surface area contributed by atoms with Gasteiger partial charge in [0.1, 0.15) is 0 Å². The van der Waals surface area contributed by atoms with Gasteiger partial charge in [-0.05, 0) is 31.2 Å². The summed E-state index contributed by atoms with van der Waals surface area (Å²) in [5.41, 5.74) is 3.59. The van der Waals surface area contributed by atoms with Crippen LogP contribution in [0.4, 0.5) is 5.13 Å². The predicted molar refractivity (Wildman–Crippen MR) is 128 cm³/mol. The van der Waals surface area contributed by atoms with Crippen LogP contribution in [0.5, 0.6) is 0 Å². The molecule has 0 saturated heterocycles. The van der Waals surface area contributed by atoms with Crippen LogP contribution in [0.1, 0.15) is 5.56 Å². The van der Waals surface area contributed by atoms with Gasteiger partial charge in [-0.3, -0.25) is 4.79 Å². The van der Waals surface area contributed by atoms with Gasteiger partial charge in [0.15, 0.2) is 16.1 Å². The standard InChI is InChI=1S/C21H17Cl2N5OS2/c1-12-4-3-5-13(8-12)19-26-27-21(28(19)2)31-11-18(29)25-20-24-17(10-30-20)15-7-6-14(22)9-16(15)23/h3-10H,11H2,1-2H3,(H,24,25,29). The Balaban J connectivity index is 1.39. The fourth-order valence-electron chi connectivity index (χ4n) is 2.91. The third-order valence-corrected chi connectivity index (χ3v) is 6.73. The lowest BCUT2D eigenvalue weighted by molar-refractivity contribution is -0.113. The van der Waals surface area contributed by atoms with E-state index in [-0.39, 0.29) is 11.7 Å². The molecule has 2 heterocycles. The van der Waals surface area contributed by atoms with Crippen molar-refractivity contribution in [1.29, 1.82) is 0 Å². The summed E-state index contributed by atoms with van der Waals surface area (Å²) < 4.78 is 1.89. The molecule has 158 valence electrons. The minimum absolute atomic E-state index is 0.173. The summed E-state index contributed by atoms with van der Waals surface area (Å²) in [5, 5.41) is 15.4. The van der Waals surface area contributed by atoms with Crippen molar-refractivity contribution in [3.8, 4) is 22.6 Å². The van der Waals surface area contributed by atoms with E-state index in [0.717, 1.165) is 22.5 Å². The molecule has 1 N–H and O–H groups in total. The lowest BCUT2D eigenvalue weighted by Gasteiger charge is -2.05. The van der Waals surface area contributed by atoms with Crippen LogP contribution in [0.25, 0.3) is 22.6 Å². The Labute approximate surface area is 197 Å². The maximum absolute atomic E-state index is 12.4. The van der Waals surface area contributed by atoms with E-state index in [1.54, 1.807) is 18.2 Å². The summed E-state index contributed by atoms with van der Waals surface area (Å²) in [5.74, 6) is 0.778. The molecule has 31 heavy (non-hydrogen) atoms. The van der Waals surface area contributed by atoms with E-state index in [0.29, 0.717) is 26.0 Å². The number of carbonyl (C=O) groups is 1. The molecule has 4 rings (SSSR count). The number of anilines is 1. The molecule has 2 aromatic carbocycles. The van der Waals surface area contributed by atoms with Gasteiger partial charge < -0.3 is 9.88 Å². The maximum Gasteiger partial charge on any atom is 0.236 e. The normalized spacial score (nSPS) is 11.0. The van der Waals surface area contributed by atoms with E-state index in [9.17, 15) is 4.79 Å². The summed E-state index contributed by atoms with van der Waals surface area (Å²) in [6.45, 7) is 2.03. The fraction of sp³-hybridized carbons (Fsp3) is 0.143. The number of hydrogen-bond donors (Lipinski definition) is 1. The molecule has 0 fully saturated rings. The molecule has 4 aromatic rings. The molecule has 0 saturated carbocycles. The van der Waals surface area contributed by atoms with Crippen molar-refractivity contribution in [2.75, 3.05) is 11.1 Å². The van der Waals surface area contributed by atoms with E-state index < -0.39 is 0 Å². The smallest absolute Gasteiger partial charge is 0.236 e. The zero-order chi connectivity index (χ0) is 22.0. The van der Waals surface area contributed by atoms with Gasteiger partial charge in [0.25, 0.3) is 0 Å². The van der Waals surface area contributed by atoms with E-state index >= 15 is 0 Å². The highest BCUT2D eigenvalue weighted by Gasteiger charge is 2.15. The second-order valence-electron chi connectivity index (χ2n) is 6.73. The van der Waals surface area contributed by atoms with Gasteiger partial charge in [0.05, 0.1) is 16.5 Å². The summed E-state index contributed by atoms with van der Waals surface area (Å²) >= 11 is 14.8. The quantitative estimate of drug-likeness (QED) is 0.338. The van der Waals surface area contributed by atoms with Crippen LogP contribution in [0, 0.1) is 6.92 Å². The molecule has 0 unspecified atom stereocenters. The van der Waals surface area contributed by atoms with Gasteiger partial charge in [0.2, 0.25) is 5.91 Å². The molecule has 0 radical (unpaired) electrons. The van der Waals surface area contributed by atoms with Gasteiger partial charge in [-0.2, -0.15) is 0 Å².